The van der Waals surface area contributed by atoms with E-state index in [0.29, 0.717) is 23.2 Å². The van der Waals surface area contributed by atoms with Gasteiger partial charge in [-0.1, -0.05) is 72.8 Å². The third-order valence-corrected chi connectivity index (χ3v) is 4.87. The van der Waals surface area contributed by atoms with Crippen LogP contribution in [0.2, 0.25) is 0 Å². The van der Waals surface area contributed by atoms with Gasteiger partial charge in [-0.05, 0) is 43.6 Å². The van der Waals surface area contributed by atoms with E-state index in [2.05, 4.69) is 40.5 Å². The van der Waals surface area contributed by atoms with Gasteiger partial charge in [0.25, 0.3) is 0 Å². The minimum atomic E-state index is -0.101. The van der Waals surface area contributed by atoms with Gasteiger partial charge in [0.1, 0.15) is 0 Å². The van der Waals surface area contributed by atoms with Crippen LogP contribution in [-0.4, -0.2) is 30.2 Å². The molecule has 4 rings (SSSR count). The van der Waals surface area contributed by atoms with Crippen molar-refractivity contribution in [2.24, 2.45) is 0 Å². The molecule has 0 radical (unpaired) electrons. The van der Waals surface area contributed by atoms with Gasteiger partial charge in [0, 0.05) is 17.7 Å². The molecule has 1 saturated heterocycles. The maximum atomic E-state index is 12.2. The number of rotatable bonds is 6. The highest BCUT2D eigenvalue weighted by Gasteiger charge is 2.12. The Balaban J connectivity index is 0.000000176. The van der Waals surface area contributed by atoms with Crippen molar-refractivity contribution in [2.45, 2.75) is 19.4 Å². The van der Waals surface area contributed by atoms with E-state index in [0.717, 1.165) is 6.54 Å². The molecule has 1 amide bonds. The van der Waals surface area contributed by atoms with Gasteiger partial charge in [-0.2, -0.15) is 0 Å². The van der Waals surface area contributed by atoms with Crippen molar-refractivity contribution in [2.75, 3.05) is 18.4 Å². The summed E-state index contributed by atoms with van der Waals surface area (Å²) >= 11 is 0. The molecular formula is C25H26N2O2. The first-order chi connectivity index (χ1) is 14.3. The lowest BCUT2D eigenvalue weighted by atomic mass is 10.0. The second kappa shape index (κ2) is 10.9. The highest BCUT2D eigenvalue weighted by Crippen LogP contribution is 2.18. The lowest BCUT2D eigenvalue weighted by molar-refractivity contribution is -0.105. The molecule has 29 heavy (non-hydrogen) atoms. The lowest BCUT2D eigenvalue weighted by Gasteiger charge is -2.13. The molecule has 0 saturated carbocycles. The molecule has 4 heteroatoms. The minimum absolute atomic E-state index is 0.101. The monoisotopic (exact) mass is 386 g/mol. The molecule has 1 aliphatic heterocycles. The molecular weight excluding hydrogens is 360 g/mol. The number of carbonyl (C=O) groups is 2. The van der Waals surface area contributed by atoms with Crippen molar-refractivity contribution in [3.8, 4) is 0 Å². The van der Waals surface area contributed by atoms with E-state index < -0.39 is 0 Å². The molecule has 0 aliphatic carbocycles. The Morgan fingerprint density at radius 3 is 2.07 bits per heavy atom. The molecule has 1 aliphatic rings. The Morgan fingerprint density at radius 2 is 1.41 bits per heavy atom. The third-order valence-electron chi connectivity index (χ3n) is 4.87. The second-order valence-corrected chi connectivity index (χ2v) is 6.97. The van der Waals surface area contributed by atoms with Crippen LogP contribution in [0.4, 0.5) is 5.69 Å². The summed E-state index contributed by atoms with van der Waals surface area (Å²) in [5.41, 5.74) is 3.06. The fourth-order valence-corrected chi connectivity index (χ4v) is 3.40. The minimum Gasteiger partial charge on any atom is -0.328 e. The summed E-state index contributed by atoms with van der Waals surface area (Å²) in [7, 11) is 0. The number of likely N-dealkylation sites (tertiary alicyclic amines) is 1. The van der Waals surface area contributed by atoms with Crippen LogP contribution in [0.25, 0.3) is 0 Å². The SMILES string of the molecule is O=CNc1ccccc1C(=O)c1ccccc1.c1ccc(CN2CCCC2)cc1. The summed E-state index contributed by atoms with van der Waals surface area (Å²) < 4.78 is 0. The number of para-hydroxylation sites is 1. The summed E-state index contributed by atoms with van der Waals surface area (Å²) in [6, 6.07) is 26.6. The van der Waals surface area contributed by atoms with Crippen LogP contribution in [0, 0.1) is 0 Å². The zero-order valence-electron chi connectivity index (χ0n) is 16.5. The van der Waals surface area contributed by atoms with Crippen LogP contribution in [0.15, 0.2) is 84.9 Å². The number of nitrogens with zero attached hydrogens (tertiary/aromatic N) is 1. The van der Waals surface area contributed by atoms with E-state index in [-0.39, 0.29) is 5.78 Å². The van der Waals surface area contributed by atoms with E-state index in [1.54, 1.807) is 36.4 Å². The summed E-state index contributed by atoms with van der Waals surface area (Å²) in [5, 5.41) is 2.53. The van der Waals surface area contributed by atoms with Gasteiger partial charge < -0.3 is 5.32 Å². The van der Waals surface area contributed by atoms with E-state index in [9.17, 15) is 9.59 Å². The molecule has 148 valence electrons. The molecule has 1 N–H and O–H groups in total. The Kier molecular flexibility index (Phi) is 7.72. The number of nitrogens with one attached hydrogen (secondary N) is 1. The number of ketones is 1. The first kappa shape index (κ1) is 20.5. The number of anilines is 1. The Bertz CT molecular complexity index is 904. The van der Waals surface area contributed by atoms with E-state index in [1.807, 2.05) is 18.2 Å². The van der Waals surface area contributed by atoms with Crippen molar-refractivity contribution >= 4 is 17.9 Å². The van der Waals surface area contributed by atoms with Gasteiger partial charge in [-0.3, -0.25) is 14.5 Å². The highest BCUT2D eigenvalue weighted by atomic mass is 16.1. The molecule has 0 aromatic heterocycles. The predicted molar refractivity (Wildman–Crippen MR) is 117 cm³/mol. The average molecular weight is 386 g/mol. The molecule has 1 fully saturated rings. The van der Waals surface area contributed by atoms with Crippen LogP contribution in [-0.2, 0) is 11.3 Å². The predicted octanol–water partition coefficient (Wildman–Crippen LogP) is 4.77. The first-order valence-corrected chi connectivity index (χ1v) is 9.93. The average Bonchev–Trinajstić information content (AvgIpc) is 3.29. The molecule has 3 aromatic rings. The van der Waals surface area contributed by atoms with E-state index >= 15 is 0 Å². The maximum absolute atomic E-state index is 12.2. The third kappa shape index (κ3) is 6.13. The van der Waals surface area contributed by atoms with E-state index in [1.165, 1.54) is 31.5 Å². The summed E-state index contributed by atoms with van der Waals surface area (Å²) in [6.45, 7) is 3.71. The van der Waals surface area contributed by atoms with E-state index in [4.69, 9.17) is 0 Å². The number of benzene rings is 3. The molecule has 3 aromatic carbocycles. The van der Waals surface area contributed by atoms with Crippen molar-refractivity contribution in [3.05, 3.63) is 102 Å². The van der Waals surface area contributed by atoms with Crippen LogP contribution >= 0.6 is 0 Å². The Labute approximate surface area is 172 Å². The molecule has 1 heterocycles. The Morgan fingerprint density at radius 1 is 0.828 bits per heavy atom. The fraction of sp³-hybridized carbons (Fsp3) is 0.200. The van der Waals surface area contributed by atoms with Gasteiger partial charge >= 0.3 is 0 Å². The second-order valence-electron chi connectivity index (χ2n) is 6.97. The quantitative estimate of drug-likeness (QED) is 0.490. The number of hydrogen-bond donors (Lipinski definition) is 1. The largest absolute Gasteiger partial charge is 0.328 e. The topological polar surface area (TPSA) is 49.4 Å². The summed E-state index contributed by atoms with van der Waals surface area (Å²) in [4.78, 5) is 25.2. The van der Waals surface area contributed by atoms with Gasteiger partial charge in [-0.25, -0.2) is 0 Å². The zero-order chi connectivity index (χ0) is 20.3. The summed E-state index contributed by atoms with van der Waals surface area (Å²) in [5.74, 6) is -0.101. The number of hydrogen-bond acceptors (Lipinski definition) is 3. The maximum Gasteiger partial charge on any atom is 0.211 e. The fourth-order valence-electron chi connectivity index (χ4n) is 3.40. The van der Waals surface area contributed by atoms with Crippen LogP contribution in [0.3, 0.4) is 0 Å². The smallest absolute Gasteiger partial charge is 0.211 e. The van der Waals surface area contributed by atoms with Gasteiger partial charge in [-0.15, -0.1) is 0 Å². The molecule has 0 spiro atoms. The molecule has 0 unspecified atom stereocenters. The van der Waals surface area contributed by atoms with Crippen molar-refractivity contribution < 1.29 is 9.59 Å². The van der Waals surface area contributed by atoms with Crippen molar-refractivity contribution in [1.29, 1.82) is 0 Å². The normalized spacial score (nSPS) is 13.2. The Hall–Kier alpha value is -3.24. The molecule has 4 nitrogen and oxygen atoms in total. The van der Waals surface area contributed by atoms with Crippen LogP contribution in [0.5, 0.6) is 0 Å². The van der Waals surface area contributed by atoms with Gasteiger partial charge in [0.05, 0.1) is 5.69 Å². The van der Waals surface area contributed by atoms with Gasteiger partial charge in [0.15, 0.2) is 5.78 Å². The van der Waals surface area contributed by atoms with Crippen molar-refractivity contribution in [1.82, 2.24) is 4.90 Å². The standard InChI is InChI=1S/C14H11NO2.C11H15N/c16-10-15-13-9-5-4-8-12(13)14(17)11-6-2-1-3-7-11;1-2-6-11(7-3-1)10-12-8-4-5-9-12/h1-10H,(H,15,16);1-3,6-7H,4-5,8-10H2. The number of amides is 1. The lowest BCUT2D eigenvalue weighted by Crippen LogP contribution is -2.18. The first-order valence-electron chi connectivity index (χ1n) is 9.93. The zero-order valence-corrected chi connectivity index (χ0v) is 16.5. The summed E-state index contributed by atoms with van der Waals surface area (Å²) in [6.07, 6.45) is 3.33. The van der Waals surface area contributed by atoms with Crippen molar-refractivity contribution in [3.63, 3.8) is 0 Å². The van der Waals surface area contributed by atoms with Crippen LogP contribution < -0.4 is 5.32 Å². The van der Waals surface area contributed by atoms with Gasteiger partial charge in [0.2, 0.25) is 6.41 Å². The highest BCUT2D eigenvalue weighted by molar-refractivity contribution is 6.13. The molecule has 0 bridgehead atoms. The molecule has 0 atom stereocenters. The number of carbonyl (C=O) groups excluding carboxylic acids is 2. The van der Waals surface area contributed by atoms with Crippen LogP contribution in [0.1, 0.15) is 34.3 Å².